The number of benzene rings is 1. The van der Waals surface area contributed by atoms with Crippen LogP contribution in [0.4, 0.5) is 4.79 Å². The Morgan fingerprint density at radius 2 is 1.89 bits per heavy atom. The molecule has 2 aromatic heterocycles. The van der Waals surface area contributed by atoms with Crippen molar-refractivity contribution in [3.8, 4) is 0 Å². The predicted octanol–water partition coefficient (Wildman–Crippen LogP) is 1.69. The summed E-state index contributed by atoms with van der Waals surface area (Å²) in [5.41, 5.74) is 7.41. The summed E-state index contributed by atoms with van der Waals surface area (Å²) in [5.74, 6) is -1.51. The second-order valence-corrected chi connectivity index (χ2v) is 10.0. The summed E-state index contributed by atoms with van der Waals surface area (Å²) in [6.45, 7) is 4.17. The molecule has 0 unspecified atom stereocenters. The molecule has 190 valence electrons. The zero-order valence-corrected chi connectivity index (χ0v) is 21.0. The molecule has 0 bridgehead atoms. The molecule has 0 spiro atoms. The zero-order valence-electron chi connectivity index (χ0n) is 20.2. The van der Waals surface area contributed by atoms with E-state index in [1.165, 1.54) is 21.1 Å². The Hall–Kier alpha value is -3.86. The molecule has 5 amide bonds. The number of piperazine rings is 1. The van der Waals surface area contributed by atoms with E-state index in [4.69, 9.17) is 5.73 Å². The Kier molecular flexibility index (Phi) is 7.58. The highest BCUT2D eigenvalue weighted by atomic mass is 32.1. The van der Waals surface area contributed by atoms with Crippen LogP contribution in [0.25, 0.3) is 10.9 Å². The van der Waals surface area contributed by atoms with Crippen molar-refractivity contribution in [2.45, 2.75) is 38.4 Å². The van der Waals surface area contributed by atoms with E-state index in [-0.39, 0.29) is 44.0 Å². The first-order valence-electron chi connectivity index (χ1n) is 11.8. The molecule has 0 aliphatic carbocycles. The van der Waals surface area contributed by atoms with Crippen LogP contribution in [0.15, 0.2) is 48.0 Å². The summed E-state index contributed by atoms with van der Waals surface area (Å²) in [5, 5.41) is 8.29. The Morgan fingerprint density at radius 3 is 2.58 bits per heavy atom. The highest BCUT2D eigenvalue weighted by Crippen LogP contribution is 2.21. The predicted molar refractivity (Wildman–Crippen MR) is 138 cm³/mol. The number of nitrogens with one attached hydrogen (secondary N) is 3. The van der Waals surface area contributed by atoms with Gasteiger partial charge in [0.1, 0.15) is 12.1 Å². The van der Waals surface area contributed by atoms with Crippen molar-refractivity contribution in [1.82, 2.24) is 25.4 Å². The van der Waals surface area contributed by atoms with E-state index in [0.29, 0.717) is 4.88 Å². The lowest BCUT2D eigenvalue weighted by atomic mass is 10.0. The van der Waals surface area contributed by atoms with Crippen LogP contribution in [-0.4, -0.2) is 76.3 Å². The van der Waals surface area contributed by atoms with Crippen LogP contribution in [0, 0.1) is 0 Å². The van der Waals surface area contributed by atoms with E-state index in [2.05, 4.69) is 15.6 Å². The second kappa shape index (κ2) is 10.8. The number of H-pyrrole nitrogens is 1. The number of carbonyl (C=O) groups excluding carboxylic acids is 4. The second-order valence-electron chi connectivity index (χ2n) is 9.07. The molecule has 11 heteroatoms. The number of thiophene rings is 1. The van der Waals surface area contributed by atoms with Gasteiger partial charge in [-0.05, 0) is 36.9 Å². The van der Waals surface area contributed by atoms with Gasteiger partial charge in [-0.2, -0.15) is 0 Å². The zero-order chi connectivity index (χ0) is 25.8. The largest absolute Gasteiger partial charge is 0.368 e. The summed E-state index contributed by atoms with van der Waals surface area (Å²) in [6, 6.07) is 8.75. The van der Waals surface area contributed by atoms with E-state index in [1.54, 1.807) is 23.7 Å². The van der Waals surface area contributed by atoms with Crippen LogP contribution in [0.3, 0.4) is 0 Å². The van der Waals surface area contributed by atoms with E-state index in [0.717, 1.165) is 16.5 Å². The number of primary amides is 1. The van der Waals surface area contributed by atoms with Crippen molar-refractivity contribution < 1.29 is 19.2 Å². The third-order valence-corrected chi connectivity index (χ3v) is 6.99. The van der Waals surface area contributed by atoms with Gasteiger partial charge in [0.25, 0.3) is 5.91 Å². The maximum atomic E-state index is 13.5. The van der Waals surface area contributed by atoms with E-state index in [9.17, 15) is 19.2 Å². The third kappa shape index (κ3) is 5.51. The highest BCUT2D eigenvalue weighted by Gasteiger charge is 2.39. The Balaban J connectivity index is 1.55. The number of hydrogen-bond donors (Lipinski definition) is 4. The topological polar surface area (TPSA) is 141 Å². The Labute approximate surface area is 212 Å². The summed E-state index contributed by atoms with van der Waals surface area (Å²) in [4.78, 5) is 58.3. The van der Waals surface area contributed by atoms with E-state index >= 15 is 0 Å². The monoisotopic (exact) mass is 510 g/mol. The minimum Gasteiger partial charge on any atom is -0.368 e. The number of para-hydroxylation sites is 1. The number of nitrogens with zero attached hydrogens (tertiary/aromatic N) is 2. The molecule has 10 nitrogen and oxygen atoms in total. The van der Waals surface area contributed by atoms with E-state index in [1.807, 2.05) is 38.1 Å². The van der Waals surface area contributed by atoms with Crippen LogP contribution in [0.2, 0.25) is 0 Å². The first kappa shape index (κ1) is 25.2. The van der Waals surface area contributed by atoms with Crippen molar-refractivity contribution in [1.29, 1.82) is 0 Å². The molecule has 4 rings (SSSR count). The molecule has 5 N–H and O–H groups in total. The lowest BCUT2D eigenvalue weighted by Gasteiger charge is -2.40. The van der Waals surface area contributed by atoms with Crippen molar-refractivity contribution in [2.75, 3.05) is 19.6 Å². The van der Waals surface area contributed by atoms with Gasteiger partial charge in [0, 0.05) is 42.7 Å². The maximum Gasteiger partial charge on any atom is 0.317 e. The van der Waals surface area contributed by atoms with Gasteiger partial charge in [-0.15, -0.1) is 11.3 Å². The molecule has 2 atom stereocenters. The fourth-order valence-corrected chi connectivity index (χ4v) is 5.00. The minimum absolute atomic E-state index is 0.0000687. The average molecular weight is 511 g/mol. The number of fused-ring (bicyclic) bond motifs is 1. The SMILES string of the molecule is CC(C)NC(=O)N1CCN(C(=O)c2cccs2)[C@@H](C(=O)N[C@H](Cc2c[nH]c3ccccc23)C(N)=O)C1. The van der Waals surface area contributed by atoms with Crippen LogP contribution in [-0.2, 0) is 16.0 Å². The summed E-state index contributed by atoms with van der Waals surface area (Å²) < 4.78 is 0. The molecule has 1 aromatic carbocycles. The van der Waals surface area contributed by atoms with Gasteiger partial charge in [-0.3, -0.25) is 14.4 Å². The van der Waals surface area contributed by atoms with Gasteiger partial charge in [-0.25, -0.2) is 4.79 Å². The van der Waals surface area contributed by atoms with Crippen molar-refractivity contribution in [3.63, 3.8) is 0 Å². The molecule has 1 saturated heterocycles. The number of urea groups is 1. The summed E-state index contributed by atoms with van der Waals surface area (Å²) in [7, 11) is 0. The van der Waals surface area contributed by atoms with Crippen LogP contribution < -0.4 is 16.4 Å². The Bertz CT molecular complexity index is 1250. The lowest BCUT2D eigenvalue weighted by molar-refractivity contribution is -0.131. The van der Waals surface area contributed by atoms with Crippen molar-refractivity contribution in [2.24, 2.45) is 5.73 Å². The van der Waals surface area contributed by atoms with Crippen molar-refractivity contribution >= 4 is 46.0 Å². The number of nitrogens with two attached hydrogens (primary N) is 1. The van der Waals surface area contributed by atoms with Gasteiger partial charge in [-0.1, -0.05) is 24.3 Å². The first-order valence-corrected chi connectivity index (χ1v) is 12.7. The highest BCUT2D eigenvalue weighted by molar-refractivity contribution is 7.12. The molecule has 3 heterocycles. The van der Waals surface area contributed by atoms with Gasteiger partial charge >= 0.3 is 6.03 Å². The lowest BCUT2D eigenvalue weighted by Crippen LogP contribution is -2.64. The average Bonchev–Trinajstić information content (AvgIpc) is 3.53. The quantitative estimate of drug-likeness (QED) is 0.384. The smallest absolute Gasteiger partial charge is 0.317 e. The molecule has 1 fully saturated rings. The summed E-state index contributed by atoms with van der Waals surface area (Å²) in [6.07, 6.45) is 1.98. The number of rotatable bonds is 7. The first-order chi connectivity index (χ1) is 17.2. The molecule has 1 aliphatic heterocycles. The Morgan fingerprint density at radius 1 is 1.11 bits per heavy atom. The number of amides is 5. The van der Waals surface area contributed by atoms with Crippen molar-refractivity contribution in [3.05, 3.63) is 58.4 Å². The van der Waals surface area contributed by atoms with E-state index < -0.39 is 23.9 Å². The number of hydrogen-bond acceptors (Lipinski definition) is 5. The molecular formula is C25H30N6O4S. The number of carbonyl (C=O) groups is 4. The molecule has 1 aliphatic rings. The van der Waals surface area contributed by atoms with Gasteiger partial charge < -0.3 is 31.2 Å². The maximum absolute atomic E-state index is 13.5. The van der Waals surface area contributed by atoms with Gasteiger partial charge in [0.2, 0.25) is 11.8 Å². The molecule has 3 aromatic rings. The van der Waals surface area contributed by atoms with Crippen LogP contribution in [0.1, 0.15) is 29.1 Å². The third-order valence-electron chi connectivity index (χ3n) is 6.13. The molecule has 36 heavy (non-hydrogen) atoms. The van der Waals surface area contributed by atoms with Gasteiger partial charge in [0.05, 0.1) is 11.4 Å². The van der Waals surface area contributed by atoms with Gasteiger partial charge in [0.15, 0.2) is 0 Å². The molecular weight excluding hydrogens is 480 g/mol. The minimum atomic E-state index is -0.990. The molecule has 0 radical (unpaired) electrons. The molecule has 0 saturated carbocycles. The fraction of sp³-hybridized carbons (Fsp3) is 0.360. The van der Waals surface area contributed by atoms with Crippen LogP contribution >= 0.6 is 11.3 Å². The van der Waals surface area contributed by atoms with Crippen LogP contribution in [0.5, 0.6) is 0 Å². The summed E-state index contributed by atoms with van der Waals surface area (Å²) >= 11 is 1.28. The fourth-order valence-electron chi connectivity index (χ4n) is 4.33. The normalized spacial score (nSPS) is 16.7. The standard InChI is InChI=1S/C25H30N6O4S/c1-15(2)28-25(35)30-9-10-31(24(34)21-8-5-11-36-21)20(14-30)23(33)29-19(22(26)32)12-16-13-27-18-7-4-3-6-17(16)18/h3-8,11,13,15,19-20,27H,9-10,12,14H2,1-2H3,(H2,26,32)(H,28,35)(H,29,33)/t19-,20-/m1/s1. The number of aromatic amines is 1. The number of aromatic nitrogens is 1.